The number of nitrogens with one attached hydrogen (secondary N) is 2. The van der Waals surface area contributed by atoms with Gasteiger partial charge in [-0.1, -0.05) is 6.07 Å². The van der Waals surface area contributed by atoms with Gasteiger partial charge in [0.25, 0.3) is 0 Å². The summed E-state index contributed by atoms with van der Waals surface area (Å²) in [5.74, 6) is 0.180. The number of aliphatic imine (C=N–C) groups is 1. The van der Waals surface area contributed by atoms with Crippen molar-refractivity contribution >= 4 is 23.4 Å². The van der Waals surface area contributed by atoms with Crippen LogP contribution in [0.3, 0.4) is 0 Å². The molecule has 1 aromatic heterocycles. The fourth-order valence-corrected chi connectivity index (χ4v) is 3.25. The van der Waals surface area contributed by atoms with Crippen LogP contribution in [0.15, 0.2) is 41.5 Å². The minimum Gasteiger partial charge on any atom is -0.366 e. The van der Waals surface area contributed by atoms with Crippen molar-refractivity contribution in [2.24, 2.45) is 4.99 Å². The van der Waals surface area contributed by atoms with E-state index >= 15 is 0 Å². The van der Waals surface area contributed by atoms with Crippen LogP contribution >= 0.6 is 0 Å². The number of rotatable bonds is 5. The van der Waals surface area contributed by atoms with E-state index in [4.69, 9.17) is 0 Å². The maximum absolute atomic E-state index is 14.0. The third-order valence-electron chi connectivity index (χ3n) is 4.85. The van der Waals surface area contributed by atoms with Crippen molar-refractivity contribution < 1.29 is 13.6 Å². The number of pyridine rings is 1. The predicted molar refractivity (Wildman–Crippen MR) is 114 cm³/mol. The Morgan fingerprint density at radius 2 is 1.93 bits per heavy atom. The van der Waals surface area contributed by atoms with Crippen LogP contribution in [0.5, 0.6) is 0 Å². The standard InChI is InChI=1S/C21H26F2N6O/c1-15-3-6-19(26-14-15)27-20(30)7-8-25-21(24-2)29-11-9-28(10-12-29)18-13-16(22)4-5-17(18)23/h3-6,13-14H,7-12H2,1-2H3,(H,24,25)(H,26,27,30). The Bertz CT molecular complexity index is 895. The first-order valence-electron chi connectivity index (χ1n) is 9.84. The van der Waals surface area contributed by atoms with Gasteiger partial charge in [-0.25, -0.2) is 13.8 Å². The van der Waals surface area contributed by atoms with E-state index in [1.165, 1.54) is 6.07 Å². The molecule has 1 aliphatic heterocycles. The largest absolute Gasteiger partial charge is 0.366 e. The number of anilines is 2. The van der Waals surface area contributed by atoms with Crippen molar-refractivity contribution in [3.8, 4) is 0 Å². The number of benzene rings is 1. The van der Waals surface area contributed by atoms with Crippen molar-refractivity contribution in [1.29, 1.82) is 0 Å². The number of nitrogens with zero attached hydrogens (tertiary/aromatic N) is 4. The zero-order valence-corrected chi connectivity index (χ0v) is 17.2. The van der Waals surface area contributed by atoms with Gasteiger partial charge in [0, 0.05) is 58.5 Å². The van der Waals surface area contributed by atoms with E-state index < -0.39 is 11.6 Å². The van der Waals surface area contributed by atoms with Crippen molar-refractivity contribution in [2.75, 3.05) is 50.0 Å². The molecule has 0 spiro atoms. The Kier molecular flexibility index (Phi) is 7.16. The highest BCUT2D eigenvalue weighted by Gasteiger charge is 2.22. The van der Waals surface area contributed by atoms with Crippen molar-refractivity contribution in [2.45, 2.75) is 13.3 Å². The molecular weight excluding hydrogens is 390 g/mol. The maximum atomic E-state index is 14.0. The van der Waals surface area contributed by atoms with Crippen LogP contribution < -0.4 is 15.5 Å². The molecule has 2 N–H and O–H groups in total. The second-order valence-corrected chi connectivity index (χ2v) is 7.06. The zero-order valence-electron chi connectivity index (χ0n) is 17.2. The number of carbonyl (C=O) groups excluding carboxylic acids is 1. The molecule has 0 atom stereocenters. The summed E-state index contributed by atoms with van der Waals surface area (Å²) < 4.78 is 27.4. The summed E-state index contributed by atoms with van der Waals surface area (Å²) in [6.45, 7) is 4.65. The number of piperazine rings is 1. The summed E-state index contributed by atoms with van der Waals surface area (Å²) in [5.41, 5.74) is 1.30. The molecule has 9 heteroatoms. The quantitative estimate of drug-likeness (QED) is 0.579. The number of hydrogen-bond acceptors (Lipinski definition) is 4. The van der Waals surface area contributed by atoms with Gasteiger partial charge in [-0.2, -0.15) is 0 Å². The zero-order chi connectivity index (χ0) is 21.5. The molecule has 2 heterocycles. The lowest BCUT2D eigenvalue weighted by molar-refractivity contribution is -0.116. The van der Waals surface area contributed by atoms with Crippen molar-refractivity contribution in [3.63, 3.8) is 0 Å². The number of aryl methyl sites for hydroxylation is 1. The summed E-state index contributed by atoms with van der Waals surface area (Å²) in [4.78, 5) is 24.4. The van der Waals surface area contributed by atoms with Gasteiger partial charge in [-0.3, -0.25) is 9.79 Å². The van der Waals surface area contributed by atoms with Crippen LogP contribution in [-0.4, -0.2) is 61.5 Å². The van der Waals surface area contributed by atoms with Gasteiger partial charge in [0.1, 0.15) is 17.5 Å². The SMILES string of the molecule is CN=C(NCCC(=O)Nc1ccc(C)cn1)N1CCN(c2cc(F)ccc2F)CC1. The molecule has 1 fully saturated rings. The molecule has 1 saturated heterocycles. The van der Waals surface area contributed by atoms with E-state index in [-0.39, 0.29) is 18.0 Å². The van der Waals surface area contributed by atoms with E-state index in [0.29, 0.717) is 44.5 Å². The van der Waals surface area contributed by atoms with E-state index in [2.05, 4.69) is 20.6 Å². The number of carbonyl (C=O) groups is 1. The van der Waals surface area contributed by atoms with Crippen LogP contribution in [-0.2, 0) is 4.79 Å². The minimum absolute atomic E-state index is 0.138. The van der Waals surface area contributed by atoms with Gasteiger partial charge in [0.15, 0.2) is 5.96 Å². The lowest BCUT2D eigenvalue weighted by Crippen LogP contribution is -2.53. The van der Waals surface area contributed by atoms with Crippen LogP contribution in [0.1, 0.15) is 12.0 Å². The molecule has 1 aliphatic rings. The molecule has 0 radical (unpaired) electrons. The highest BCUT2D eigenvalue weighted by Crippen LogP contribution is 2.21. The monoisotopic (exact) mass is 416 g/mol. The summed E-state index contributed by atoms with van der Waals surface area (Å²) in [6, 6.07) is 7.14. The lowest BCUT2D eigenvalue weighted by Gasteiger charge is -2.37. The second-order valence-electron chi connectivity index (χ2n) is 7.06. The maximum Gasteiger partial charge on any atom is 0.227 e. The number of guanidine groups is 1. The van der Waals surface area contributed by atoms with Crippen LogP contribution in [0.2, 0.25) is 0 Å². The first-order valence-corrected chi connectivity index (χ1v) is 9.84. The van der Waals surface area contributed by atoms with Gasteiger partial charge in [0.05, 0.1) is 5.69 Å². The lowest BCUT2D eigenvalue weighted by atomic mass is 10.2. The van der Waals surface area contributed by atoms with Crippen molar-refractivity contribution in [3.05, 3.63) is 53.7 Å². The van der Waals surface area contributed by atoms with Gasteiger partial charge in [0.2, 0.25) is 5.91 Å². The number of aromatic nitrogens is 1. The third kappa shape index (κ3) is 5.65. The Hall–Kier alpha value is -3.23. The molecule has 0 bridgehead atoms. The summed E-state index contributed by atoms with van der Waals surface area (Å²) >= 11 is 0. The average Bonchev–Trinajstić information content (AvgIpc) is 2.75. The second kappa shape index (κ2) is 10.00. The molecule has 0 saturated carbocycles. The Balaban J connectivity index is 1.45. The number of halogens is 2. The first-order chi connectivity index (χ1) is 14.5. The van der Waals surface area contributed by atoms with Gasteiger partial charge < -0.3 is 20.4 Å². The minimum atomic E-state index is -0.453. The molecule has 30 heavy (non-hydrogen) atoms. The molecule has 1 amide bonds. The Morgan fingerprint density at radius 1 is 1.17 bits per heavy atom. The third-order valence-corrected chi connectivity index (χ3v) is 4.85. The summed E-state index contributed by atoms with van der Waals surface area (Å²) in [7, 11) is 1.68. The smallest absolute Gasteiger partial charge is 0.227 e. The van der Waals surface area contributed by atoms with Crippen molar-refractivity contribution in [1.82, 2.24) is 15.2 Å². The van der Waals surface area contributed by atoms with Gasteiger partial charge in [-0.05, 0) is 30.7 Å². The van der Waals surface area contributed by atoms with Crippen LogP contribution in [0.4, 0.5) is 20.3 Å². The first kappa shape index (κ1) is 21.5. The predicted octanol–water partition coefficient (Wildman–Crippen LogP) is 2.39. The fourth-order valence-electron chi connectivity index (χ4n) is 3.25. The highest BCUT2D eigenvalue weighted by molar-refractivity contribution is 5.90. The molecule has 3 rings (SSSR count). The molecular formula is C21H26F2N6O. The molecule has 7 nitrogen and oxygen atoms in total. The average molecular weight is 416 g/mol. The molecule has 160 valence electrons. The summed E-state index contributed by atoms with van der Waals surface area (Å²) in [5, 5.41) is 5.94. The highest BCUT2D eigenvalue weighted by atomic mass is 19.1. The number of amides is 1. The fraction of sp³-hybridized carbons (Fsp3) is 0.381. The number of hydrogen-bond donors (Lipinski definition) is 2. The van der Waals surface area contributed by atoms with Crippen LogP contribution in [0.25, 0.3) is 0 Å². The van der Waals surface area contributed by atoms with E-state index in [1.54, 1.807) is 19.3 Å². The van der Waals surface area contributed by atoms with E-state index in [1.807, 2.05) is 22.8 Å². The van der Waals surface area contributed by atoms with E-state index in [0.717, 1.165) is 17.7 Å². The molecule has 0 aliphatic carbocycles. The van der Waals surface area contributed by atoms with Crippen LogP contribution in [0, 0.1) is 18.6 Å². The van der Waals surface area contributed by atoms with Gasteiger partial charge >= 0.3 is 0 Å². The topological polar surface area (TPSA) is 72.9 Å². The Labute approximate surface area is 174 Å². The van der Waals surface area contributed by atoms with Gasteiger partial charge in [-0.15, -0.1) is 0 Å². The summed E-state index contributed by atoms with van der Waals surface area (Å²) in [6.07, 6.45) is 1.97. The normalized spacial score (nSPS) is 14.6. The molecule has 1 aromatic carbocycles. The Morgan fingerprint density at radius 3 is 2.60 bits per heavy atom. The molecule has 2 aromatic rings. The molecule has 0 unspecified atom stereocenters. The van der Waals surface area contributed by atoms with E-state index in [9.17, 15) is 13.6 Å².